The normalized spacial score (nSPS) is 11.2. The van der Waals surface area contributed by atoms with Gasteiger partial charge in [0, 0.05) is 33.7 Å². The second-order valence-electron chi connectivity index (χ2n) is 8.13. The minimum atomic E-state index is -0.831. The molecule has 0 atom stereocenters. The highest BCUT2D eigenvalue weighted by atomic mass is 16.2. The topological polar surface area (TPSA) is 75.5 Å². The summed E-state index contributed by atoms with van der Waals surface area (Å²) in [5.74, 6) is -1.60. The van der Waals surface area contributed by atoms with Crippen LogP contribution in [0.15, 0.2) is 71.8 Å². The molecule has 0 fully saturated rings. The molecule has 0 saturated heterocycles. The quantitative estimate of drug-likeness (QED) is 0.269. The number of aromatic nitrogens is 1. The van der Waals surface area contributed by atoms with Gasteiger partial charge < -0.3 is 9.88 Å². The van der Waals surface area contributed by atoms with Gasteiger partial charge in [-0.05, 0) is 56.8 Å². The first-order valence-electron chi connectivity index (χ1n) is 10.7. The number of anilines is 1. The van der Waals surface area contributed by atoms with Crippen LogP contribution in [0.5, 0.6) is 0 Å². The highest BCUT2D eigenvalue weighted by Crippen LogP contribution is 2.24. The molecular formula is C27H26N4O2. The number of fused-ring (bicyclic) bond motifs is 1. The van der Waals surface area contributed by atoms with E-state index in [0.29, 0.717) is 5.69 Å². The molecule has 2 amide bonds. The molecule has 6 heteroatoms. The summed E-state index contributed by atoms with van der Waals surface area (Å²) in [6.45, 7) is 8.19. The maximum absolute atomic E-state index is 12.4. The van der Waals surface area contributed by atoms with Crippen LogP contribution in [-0.4, -0.2) is 22.6 Å². The average Bonchev–Trinajstić information content (AvgIpc) is 3.07. The zero-order valence-corrected chi connectivity index (χ0v) is 19.1. The van der Waals surface area contributed by atoms with Crippen LogP contribution in [0.3, 0.4) is 0 Å². The number of hydrogen-bond acceptors (Lipinski definition) is 3. The van der Waals surface area contributed by atoms with Gasteiger partial charge in [-0.2, -0.15) is 5.10 Å². The summed E-state index contributed by atoms with van der Waals surface area (Å²) in [5.41, 5.74) is 9.32. The molecule has 0 unspecified atom stereocenters. The number of carbonyl (C=O) groups excluding carboxylic acids is 2. The number of rotatable bonds is 4. The third-order valence-electron chi connectivity index (χ3n) is 5.68. The molecule has 1 heterocycles. The lowest BCUT2D eigenvalue weighted by atomic mass is 10.1. The maximum atomic E-state index is 12.4. The molecule has 6 nitrogen and oxygen atoms in total. The average molecular weight is 439 g/mol. The molecule has 0 spiro atoms. The molecule has 0 aliphatic rings. The number of aryl methyl sites for hydroxylation is 3. The van der Waals surface area contributed by atoms with E-state index in [1.165, 1.54) is 11.1 Å². The van der Waals surface area contributed by atoms with Gasteiger partial charge in [0.15, 0.2) is 0 Å². The number of amides is 2. The minimum Gasteiger partial charge on any atom is -0.318 e. The van der Waals surface area contributed by atoms with Crippen LogP contribution in [-0.2, 0) is 9.59 Å². The Balaban J connectivity index is 1.47. The lowest BCUT2D eigenvalue weighted by Gasteiger charge is -2.13. The molecule has 2 N–H and O–H groups in total. The van der Waals surface area contributed by atoms with Gasteiger partial charge in [0.2, 0.25) is 0 Å². The van der Waals surface area contributed by atoms with Crippen molar-refractivity contribution in [1.29, 1.82) is 0 Å². The van der Waals surface area contributed by atoms with Crippen LogP contribution >= 0.6 is 0 Å². The zero-order chi connectivity index (χ0) is 23.5. The molecule has 4 rings (SSSR count). The van der Waals surface area contributed by atoms with Crippen LogP contribution in [0.4, 0.5) is 5.69 Å². The third-order valence-corrected chi connectivity index (χ3v) is 5.68. The lowest BCUT2D eigenvalue weighted by molar-refractivity contribution is -0.136. The Morgan fingerprint density at radius 1 is 0.879 bits per heavy atom. The van der Waals surface area contributed by atoms with Gasteiger partial charge in [-0.15, -0.1) is 0 Å². The van der Waals surface area contributed by atoms with Crippen molar-refractivity contribution in [2.24, 2.45) is 5.10 Å². The molecule has 0 bridgehead atoms. The molecule has 0 aliphatic carbocycles. The SMILES string of the molecule is Cc1ccc(-n2c(C)cc(/C=N/NC(=O)C(=O)Nc3cccc4ccccc34)c2C)c(C)c1. The molecule has 0 aliphatic heterocycles. The van der Waals surface area contributed by atoms with Crippen LogP contribution in [0.2, 0.25) is 0 Å². The Morgan fingerprint density at radius 3 is 2.42 bits per heavy atom. The Morgan fingerprint density at radius 2 is 1.64 bits per heavy atom. The van der Waals surface area contributed by atoms with Crippen molar-refractivity contribution in [2.45, 2.75) is 27.7 Å². The second kappa shape index (κ2) is 9.12. The summed E-state index contributed by atoms with van der Waals surface area (Å²) in [6.07, 6.45) is 1.56. The van der Waals surface area contributed by atoms with Crippen molar-refractivity contribution in [3.8, 4) is 5.69 Å². The van der Waals surface area contributed by atoms with E-state index in [1.807, 2.05) is 56.3 Å². The van der Waals surface area contributed by atoms with Gasteiger partial charge in [0.05, 0.1) is 6.21 Å². The van der Waals surface area contributed by atoms with Gasteiger partial charge in [0.1, 0.15) is 0 Å². The molecule has 1 aromatic heterocycles. The summed E-state index contributed by atoms with van der Waals surface area (Å²) >= 11 is 0. The predicted octanol–water partition coefficient (Wildman–Crippen LogP) is 4.95. The lowest BCUT2D eigenvalue weighted by Crippen LogP contribution is -2.32. The van der Waals surface area contributed by atoms with Gasteiger partial charge in [-0.3, -0.25) is 9.59 Å². The van der Waals surface area contributed by atoms with Crippen molar-refractivity contribution in [2.75, 3.05) is 5.32 Å². The fraction of sp³-hybridized carbons (Fsp3) is 0.148. The summed E-state index contributed by atoms with van der Waals surface area (Å²) in [6, 6.07) is 21.5. The monoisotopic (exact) mass is 438 g/mol. The van der Waals surface area contributed by atoms with Crippen LogP contribution in [0, 0.1) is 27.7 Å². The first kappa shape index (κ1) is 22.0. The fourth-order valence-electron chi connectivity index (χ4n) is 4.07. The minimum absolute atomic E-state index is 0.578. The van der Waals surface area contributed by atoms with E-state index >= 15 is 0 Å². The number of hydrogen-bond donors (Lipinski definition) is 2. The van der Waals surface area contributed by atoms with E-state index in [1.54, 1.807) is 12.3 Å². The summed E-state index contributed by atoms with van der Waals surface area (Å²) in [7, 11) is 0. The Bertz CT molecular complexity index is 1390. The van der Waals surface area contributed by atoms with E-state index in [2.05, 4.69) is 52.5 Å². The predicted molar refractivity (Wildman–Crippen MR) is 133 cm³/mol. The van der Waals surface area contributed by atoms with Crippen LogP contribution in [0.1, 0.15) is 28.1 Å². The molecule has 0 saturated carbocycles. The number of carbonyl (C=O) groups is 2. The molecule has 4 aromatic rings. The van der Waals surface area contributed by atoms with Crippen LogP contribution in [0.25, 0.3) is 16.5 Å². The van der Waals surface area contributed by atoms with E-state index in [0.717, 1.165) is 33.4 Å². The molecule has 3 aromatic carbocycles. The summed E-state index contributed by atoms with van der Waals surface area (Å²) < 4.78 is 2.16. The Kier molecular flexibility index (Phi) is 6.09. The maximum Gasteiger partial charge on any atom is 0.329 e. The molecular weight excluding hydrogens is 412 g/mol. The first-order valence-corrected chi connectivity index (χ1v) is 10.7. The standard InChI is InChI=1S/C27H26N4O2/c1-17-12-13-25(18(2)14-17)31-19(3)15-22(20(31)4)16-28-30-27(33)26(32)29-24-11-7-9-21-8-5-6-10-23(21)24/h5-16H,1-4H3,(H,29,32)(H,30,33)/b28-16+. The Labute approximate surface area is 192 Å². The molecule has 166 valence electrons. The van der Waals surface area contributed by atoms with Crippen LogP contribution < -0.4 is 10.7 Å². The summed E-state index contributed by atoms with van der Waals surface area (Å²) in [5, 5.41) is 8.52. The smallest absolute Gasteiger partial charge is 0.318 e. The second-order valence-corrected chi connectivity index (χ2v) is 8.13. The highest BCUT2D eigenvalue weighted by Gasteiger charge is 2.15. The van der Waals surface area contributed by atoms with Crippen molar-refractivity contribution in [1.82, 2.24) is 9.99 Å². The van der Waals surface area contributed by atoms with Crippen molar-refractivity contribution in [3.05, 3.63) is 94.8 Å². The van der Waals surface area contributed by atoms with E-state index < -0.39 is 11.8 Å². The molecule has 0 radical (unpaired) electrons. The number of nitrogens with one attached hydrogen (secondary N) is 2. The summed E-state index contributed by atoms with van der Waals surface area (Å²) in [4.78, 5) is 24.7. The fourth-order valence-corrected chi connectivity index (χ4v) is 4.07. The molecule has 33 heavy (non-hydrogen) atoms. The van der Waals surface area contributed by atoms with Gasteiger partial charge >= 0.3 is 11.8 Å². The third kappa shape index (κ3) is 4.55. The number of hydrazone groups is 1. The van der Waals surface area contributed by atoms with E-state index in [4.69, 9.17) is 0 Å². The van der Waals surface area contributed by atoms with Crippen molar-refractivity contribution < 1.29 is 9.59 Å². The first-order chi connectivity index (χ1) is 15.8. The van der Waals surface area contributed by atoms with E-state index in [9.17, 15) is 9.59 Å². The number of benzene rings is 3. The van der Waals surface area contributed by atoms with E-state index in [-0.39, 0.29) is 0 Å². The highest BCUT2D eigenvalue weighted by molar-refractivity contribution is 6.40. The Hall–Kier alpha value is -4.19. The van der Waals surface area contributed by atoms with Crippen molar-refractivity contribution >= 4 is 34.5 Å². The largest absolute Gasteiger partial charge is 0.329 e. The zero-order valence-electron chi connectivity index (χ0n) is 19.1. The van der Waals surface area contributed by atoms with Gasteiger partial charge in [0.25, 0.3) is 0 Å². The van der Waals surface area contributed by atoms with Gasteiger partial charge in [-0.25, -0.2) is 5.43 Å². The van der Waals surface area contributed by atoms with Gasteiger partial charge in [-0.1, -0.05) is 54.1 Å². The number of nitrogens with zero attached hydrogens (tertiary/aromatic N) is 2. The van der Waals surface area contributed by atoms with Crippen molar-refractivity contribution in [3.63, 3.8) is 0 Å².